The monoisotopic (exact) mass is 553 g/mol. The van der Waals surface area contributed by atoms with Crippen molar-refractivity contribution in [3.05, 3.63) is 158 Å². The highest BCUT2D eigenvalue weighted by atomic mass is 32.1. The van der Waals surface area contributed by atoms with Crippen LogP contribution < -0.4 is 5.32 Å². The third kappa shape index (κ3) is 4.34. The highest BCUT2D eigenvalue weighted by Gasteiger charge is 2.12. The van der Waals surface area contributed by atoms with Crippen molar-refractivity contribution in [3.63, 3.8) is 0 Å². The van der Waals surface area contributed by atoms with Crippen LogP contribution in [0.1, 0.15) is 0 Å². The second-order valence-electron chi connectivity index (χ2n) is 10.6. The van der Waals surface area contributed by atoms with Crippen molar-refractivity contribution < 1.29 is 0 Å². The van der Waals surface area contributed by atoms with Crippen LogP contribution in [-0.4, -0.2) is 0 Å². The van der Waals surface area contributed by atoms with E-state index in [0.717, 1.165) is 11.4 Å². The zero-order valence-electron chi connectivity index (χ0n) is 22.9. The van der Waals surface area contributed by atoms with Gasteiger partial charge in [0.1, 0.15) is 0 Å². The number of rotatable bonds is 5. The zero-order valence-corrected chi connectivity index (χ0v) is 23.7. The first kappa shape index (κ1) is 24.6. The Bertz CT molecular complexity index is 2190. The number of hydrogen-bond acceptors (Lipinski definition) is 2. The van der Waals surface area contributed by atoms with Gasteiger partial charge in [-0.1, -0.05) is 127 Å². The molecule has 0 bridgehead atoms. The molecule has 0 amide bonds. The van der Waals surface area contributed by atoms with E-state index in [4.69, 9.17) is 0 Å². The lowest BCUT2D eigenvalue weighted by molar-refractivity contribution is 1.54. The molecule has 0 spiro atoms. The van der Waals surface area contributed by atoms with E-state index in [9.17, 15) is 0 Å². The van der Waals surface area contributed by atoms with Gasteiger partial charge in [-0.2, -0.15) is 0 Å². The Morgan fingerprint density at radius 1 is 0.381 bits per heavy atom. The van der Waals surface area contributed by atoms with Crippen LogP contribution in [0.5, 0.6) is 0 Å². The van der Waals surface area contributed by atoms with Gasteiger partial charge in [0.05, 0.1) is 0 Å². The first-order chi connectivity index (χ1) is 20.8. The maximum Gasteiger partial charge on any atom is 0.0433 e. The van der Waals surface area contributed by atoms with E-state index in [0.29, 0.717) is 0 Å². The molecule has 42 heavy (non-hydrogen) atoms. The molecule has 1 N–H and O–H groups in total. The minimum atomic E-state index is 1.07. The molecule has 2 heteroatoms. The molecule has 0 fully saturated rings. The summed E-state index contributed by atoms with van der Waals surface area (Å²) in [6.45, 7) is 0. The Morgan fingerprint density at radius 3 is 1.60 bits per heavy atom. The van der Waals surface area contributed by atoms with Crippen molar-refractivity contribution in [2.45, 2.75) is 0 Å². The molecule has 0 saturated carbocycles. The molecule has 0 unspecified atom stereocenters. The van der Waals surface area contributed by atoms with E-state index in [1.165, 1.54) is 64.3 Å². The summed E-state index contributed by atoms with van der Waals surface area (Å²) in [4.78, 5) is 0. The third-order valence-electron chi connectivity index (χ3n) is 8.07. The summed E-state index contributed by atoms with van der Waals surface area (Å²) in [7, 11) is 0. The summed E-state index contributed by atoms with van der Waals surface area (Å²) >= 11 is 1.87. The second-order valence-corrected chi connectivity index (χ2v) is 11.7. The summed E-state index contributed by atoms with van der Waals surface area (Å²) in [5.74, 6) is 0. The second kappa shape index (κ2) is 10.3. The Labute approximate surface area is 249 Å². The van der Waals surface area contributed by atoms with Gasteiger partial charge in [0, 0.05) is 31.5 Å². The van der Waals surface area contributed by atoms with Gasteiger partial charge in [0.2, 0.25) is 0 Å². The van der Waals surface area contributed by atoms with E-state index in [2.05, 4.69) is 163 Å². The lowest BCUT2D eigenvalue weighted by Crippen LogP contribution is -1.91. The van der Waals surface area contributed by atoms with E-state index < -0.39 is 0 Å². The van der Waals surface area contributed by atoms with Gasteiger partial charge in [0.25, 0.3) is 0 Å². The lowest BCUT2D eigenvalue weighted by atomic mass is 9.91. The number of benzene rings is 7. The molecule has 1 nitrogen and oxygen atoms in total. The molecule has 0 saturated heterocycles. The molecule has 0 radical (unpaired) electrons. The largest absolute Gasteiger partial charge is 0.356 e. The van der Waals surface area contributed by atoms with Gasteiger partial charge in [-0.15, -0.1) is 11.3 Å². The van der Waals surface area contributed by atoms with Crippen LogP contribution >= 0.6 is 11.3 Å². The van der Waals surface area contributed by atoms with Crippen LogP contribution in [0.2, 0.25) is 0 Å². The first-order valence-corrected chi connectivity index (χ1v) is 15.1. The van der Waals surface area contributed by atoms with E-state index >= 15 is 0 Å². The van der Waals surface area contributed by atoms with Crippen molar-refractivity contribution in [2.24, 2.45) is 0 Å². The molecule has 0 aliphatic heterocycles. The van der Waals surface area contributed by atoms with Crippen LogP contribution in [0, 0.1) is 0 Å². The lowest BCUT2D eigenvalue weighted by Gasteiger charge is -2.13. The van der Waals surface area contributed by atoms with Crippen LogP contribution in [0.15, 0.2) is 158 Å². The van der Waals surface area contributed by atoms with Gasteiger partial charge >= 0.3 is 0 Å². The quantitative estimate of drug-likeness (QED) is 0.223. The molecule has 0 atom stereocenters. The molecular weight excluding hydrogens is 527 g/mol. The topological polar surface area (TPSA) is 12.0 Å². The van der Waals surface area contributed by atoms with Gasteiger partial charge in [-0.3, -0.25) is 0 Å². The van der Waals surface area contributed by atoms with Gasteiger partial charge in [0.15, 0.2) is 0 Å². The predicted molar refractivity (Wildman–Crippen MR) is 183 cm³/mol. The SMILES string of the molecule is c1ccc(-c2cccc3cccc(-c4ccc(Nc5ccc(-c6cccc7c6sc6ccccc67)cc5)cc4)c23)cc1. The van der Waals surface area contributed by atoms with Gasteiger partial charge in [-0.25, -0.2) is 0 Å². The zero-order chi connectivity index (χ0) is 27.9. The number of thiophene rings is 1. The molecule has 1 heterocycles. The fourth-order valence-electron chi connectivity index (χ4n) is 6.05. The third-order valence-corrected chi connectivity index (χ3v) is 9.29. The molecular formula is C40H27NS. The average molecular weight is 554 g/mol. The van der Waals surface area contributed by atoms with Gasteiger partial charge < -0.3 is 5.32 Å². The van der Waals surface area contributed by atoms with Crippen molar-refractivity contribution in [3.8, 4) is 33.4 Å². The predicted octanol–water partition coefficient (Wildman–Crippen LogP) is 12.0. The van der Waals surface area contributed by atoms with Crippen LogP contribution in [-0.2, 0) is 0 Å². The average Bonchev–Trinajstić information content (AvgIpc) is 3.44. The maximum absolute atomic E-state index is 3.60. The van der Waals surface area contributed by atoms with Crippen molar-refractivity contribution >= 4 is 53.7 Å². The summed E-state index contributed by atoms with van der Waals surface area (Å²) in [6, 6.07) is 56.7. The van der Waals surface area contributed by atoms with Crippen LogP contribution in [0.3, 0.4) is 0 Å². The minimum absolute atomic E-state index is 1.07. The Morgan fingerprint density at radius 2 is 0.905 bits per heavy atom. The molecule has 8 rings (SSSR count). The number of fused-ring (bicyclic) bond motifs is 4. The number of nitrogens with one attached hydrogen (secondary N) is 1. The molecule has 0 aliphatic carbocycles. The fraction of sp³-hybridized carbons (Fsp3) is 0. The van der Waals surface area contributed by atoms with Crippen molar-refractivity contribution in [2.75, 3.05) is 5.32 Å². The highest BCUT2D eigenvalue weighted by molar-refractivity contribution is 7.26. The number of anilines is 2. The van der Waals surface area contributed by atoms with E-state index in [1.807, 2.05) is 11.3 Å². The molecule has 7 aromatic carbocycles. The van der Waals surface area contributed by atoms with Crippen LogP contribution in [0.25, 0.3) is 64.3 Å². The highest BCUT2D eigenvalue weighted by Crippen LogP contribution is 2.40. The number of hydrogen-bond donors (Lipinski definition) is 1. The normalized spacial score (nSPS) is 11.3. The summed E-state index contributed by atoms with van der Waals surface area (Å²) in [6.07, 6.45) is 0. The summed E-state index contributed by atoms with van der Waals surface area (Å²) in [5, 5.41) is 8.80. The van der Waals surface area contributed by atoms with E-state index in [1.54, 1.807) is 0 Å². The van der Waals surface area contributed by atoms with Crippen molar-refractivity contribution in [1.82, 2.24) is 0 Å². The smallest absolute Gasteiger partial charge is 0.0433 e. The summed E-state index contributed by atoms with van der Waals surface area (Å²) in [5.41, 5.74) is 9.62. The molecule has 0 aliphatic rings. The summed E-state index contributed by atoms with van der Waals surface area (Å²) < 4.78 is 2.68. The van der Waals surface area contributed by atoms with Gasteiger partial charge in [-0.05, 0) is 74.5 Å². The Balaban J connectivity index is 1.08. The van der Waals surface area contributed by atoms with E-state index in [-0.39, 0.29) is 0 Å². The standard InChI is InChI=1S/C40H27NS/c1-2-9-27(10-3-1)33-14-6-11-30-12-7-15-34(39(30)33)28-19-23-31(24-20-28)41-32-25-21-29(22-26-32)35-16-8-17-37-36-13-4-5-18-38(36)42-40(35)37/h1-26,41H. The maximum atomic E-state index is 3.60. The molecule has 1 aromatic heterocycles. The fourth-order valence-corrected chi connectivity index (χ4v) is 7.29. The van der Waals surface area contributed by atoms with Crippen molar-refractivity contribution in [1.29, 1.82) is 0 Å². The minimum Gasteiger partial charge on any atom is -0.356 e. The molecule has 198 valence electrons. The first-order valence-electron chi connectivity index (χ1n) is 14.3. The Hall–Kier alpha value is -5.18. The van der Waals surface area contributed by atoms with Crippen LogP contribution in [0.4, 0.5) is 11.4 Å². The Kier molecular flexibility index (Phi) is 6.05. The molecule has 8 aromatic rings.